The Morgan fingerprint density at radius 1 is 1.35 bits per heavy atom. The van der Waals surface area contributed by atoms with Crippen molar-refractivity contribution in [2.45, 2.75) is 31.8 Å². The normalized spacial score (nSPS) is 18.6. The van der Waals surface area contributed by atoms with E-state index in [4.69, 9.17) is 10.1 Å². The average Bonchev–Trinajstić information content (AvgIpc) is 2.90. The molecule has 2 aromatic rings. The fourth-order valence-corrected chi connectivity index (χ4v) is 4.11. The van der Waals surface area contributed by atoms with Crippen molar-refractivity contribution in [1.29, 1.82) is 0 Å². The van der Waals surface area contributed by atoms with Gasteiger partial charge in [-0.2, -0.15) is 0 Å². The van der Waals surface area contributed by atoms with Gasteiger partial charge < -0.3 is 10.4 Å². The standard InChI is InChI=1S/C19H26N4O2S/c1-22(13-18(24)25)17-8-5-10-23(11-9-17)12-16-14-26-19(21-16)20-15-6-3-2-4-7-15/h2-4,6-7,14,17H,5,8-13H2,1H3,(H,20,21)(H,24,25). The summed E-state index contributed by atoms with van der Waals surface area (Å²) in [4.78, 5) is 20.0. The van der Waals surface area contributed by atoms with Gasteiger partial charge >= 0.3 is 5.97 Å². The first-order chi connectivity index (χ1) is 12.6. The highest BCUT2D eigenvalue weighted by Gasteiger charge is 2.22. The van der Waals surface area contributed by atoms with Crippen LogP contribution in [0.3, 0.4) is 0 Å². The maximum Gasteiger partial charge on any atom is 0.317 e. The lowest BCUT2D eigenvalue weighted by atomic mass is 10.1. The van der Waals surface area contributed by atoms with Crippen LogP contribution in [0.1, 0.15) is 25.0 Å². The van der Waals surface area contributed by atoms with Crippen LogP contribution in [0, 0.1) is 0 Å². The van der Waals surface area contributed by atoms with Crippen LogP contribution in [-0.4, -0.2) is 58.6 Å². The Bertz CT molecular complexity index is 707. The van der Waals surface area contributed by atoms with Gasteiger partial charge in [0.05, 0.1) is 12.2 Å². The van der Waals surface area contributed by atoms with Crippen molar-refractivity contribution in [3.63, 3.8) is 0 Å². The van der Waals surface area contributed by atoms with Gasteiger partial charge in [-0.3, -0.25) is 14.6 Å². The molecule has 26 heavy (non-hydrogen) atoms. The third kappa shape index (κ3) is 5.52. The molecular formula is C19H26N4O2S. The van der Waals surface area contributed by atoms with Crippen LogP contribution in [0.25, 0.3) is 0 Å². The summed E-state index contributed by atoms with van der Waals surface area (Å²) < 4.78 is 0. The number of carbonyl (C=O) groups is 1. The van der Waals surface area contributed by atoms with Crippen LogP contribution in [0.2, 0.25) is 0 Å². The van der Waals surface area contributed by atoms with E-state index in [2.05, 4.69) is 15.6 Å². The van der Waals surface area contributed by atoms with Crippen molar-refractivity contribution in [3.8, 4) is 0 Å². The molecule has 1 saturated heterocycles. The van der Waals surface area contributed by atoms with Gasteiger partial charge in [-0.05, 0) is 45.0 Å². The number of aliphatic carboxylic acids is 1. The van der Waals surface area contributed by atoms with Gasteiger partial charge in [0.25, 0.3) is 0 Å². The Morgan fingerprint density at radius 2 is 2.15 bits per heavy atom. The number of thiazole rings is 1. The summed E-state index contributed by atoms with van der Waals surface area (Å²) in [5.41, 5.74) is 2.14. The van der Waals surface area contributed by atoms with Crippen LogP contribution >= 0.6 is 11.3 Å². The smallest absolute Gasteiger partial charge is 0.317 e. The molecular weight excluding hydrogens is 348 g/mol. The van der Waals surface area contributed by atoms with Crippen molar-refractivity contribution < 1.29 is 9.90 Å². The molecule has 0 saturated carbocycles. The molecule has 1 unspecified atom stereocenters. The molecule has 0 amide bonds. The summed E-state index contributed by atoms with van der Waals surface area (Å²) in [6.45, 7) is 2.98. The lowest BCUT2D eigenvalue weighted by Crippen LogP contribution is -2.36. The topological polar surface area (TPSA) is 68.7 Å². The predicted molar refractivity (Wildman–Crippen MR) is 105 cm³/mol. The zero-order chi connectivity index (χ0) is 18.4. The molecule has 1 aromatic carbocycles. The summed E-state index contributed by atoms with van der Waals surface area (Å²) in [6.07, 6.45) is 3.15. The number of hydrogen-bond acceptors (Lipinski definition) is 6. The zero-order valence-corrected chi connectivity index (χ0v) is 15.9. The highest BCUT2D eigenvalue weighted by atomic mass is 32.1. The van der Waals surface area contributed by atoms with E-state index in [0.29, 0.717) is 6.04 Å². The number of nitrogens with zero attached hydrogens (tertiary/aromatic N) is 3. The molecule has 1 fully saturated rings. The van der Waals surface area contributed by atoms with Crippen molar-refractivity contribution in [2.24, 2.45) is 0 Å². The number of likely N-dealkylation sites (tertiary alicyclic amines) is 1. The van der Waals surface area contributed by atoms with Gasteiger partial charge in [0.1, 0.15) is 0 Å². The Hall–Kier alpha value is -1.96. The molecule has 1 aliphatic rings. The Morgan fingerprint density at radius 3 is 2.92 bits per heavy atom. The molecule has 2 heterocycles. The van der Waals surface area contributed by atoms with Gasteiger partial charge in [-0.15, -0.1) is 11.3 Å². The molecule has 1 aromatic heterocycles. The van der Waals surface area contributed by atoms with E-state index in [0.717, 1.165) is 55.4 Å². The largest absolute Gasteiger partial charge is 0.480 e. The molecule has 0 spiro atoms. The molecule has 1 aliphatic heterocycles. The quantitative estimate of drug-likeness (QED) is 0.775. The number of carboxylic acid groups (broad SMARTS) is 1. The van der Waals surface area contributed by atoms with E-state index in [1.807, 2.05) is 42.3 Å². The van der Waals surface area contributed by atoms with Gasteiger partial charge in [-0.25, -0.2) is 4.98 Å². The number of aromatic nitrogens is 1. The second kappa shape index (κ2) is 9.12. The number of hydrogen-bond donors (Lipinski definition) is 2. The van der Waals surface area contributed by atoms with E-state index in [1.165, 1.54) is 0 Å². The molecule has 1 atom stereocenters. The molecule has 3 rings (SSSR count). The first kappa shape index (κ1) is 18.8. The van der Waals surface area contributed by atoms with Crippen LogP contribution < -0.4 is 5.32 Å². The summed E-state index contributed by atoms with van der Waals surface area (Å²) in [6, 6.07) is 10.4. The first-order valence-electron chi connectivity index (χ1n) is 9.01. The monoisotopic (exact) mass is 374 g/mol. The molecule has 2 N–H and O–H groups in total. The number of anilines is 2. The predicted octanol–water partition coefficient (Wildman–Crippen LogP) is 3.26. The maximum atomic E-state index is 10.9. The Balaban J connectivity index is 1.51. The van der Waals surface area contributed by atoms with Crippen molar-refractivity contribution >= 4 is 28.1 Å². The van der Waals surface area contributed by atoms with E-state index >= 15 is 0 Å². The van der Waals surface area contributed by atoms with E-state index < -0.39 is 5.97 Å². The summed E-state index contributed by atoms with van der Waals surface area (Å²) in [5, 5.41) is 15.3. The maximum absolute atomic E-state index is 10.9. The molecule has 0 bridgehead atoms. The van der Waals surface area contributed by atoms with E-state index in [9.17, 15) is 4.79 Å². The number of benzene rings is 1. The second-order valence-electron chi connectivity index (χ2n) is 6.80. The van der Waals surface area contributed by atoms with Gasteiger partial charge in [0.2, 0.25) is 0 Å². The minimum Gasteiger partial charge on any atom is -0.480 e. The number of carboxylic acids is 1. The Kier molecular flexibility index (Phi) is 6.60. The number of nitrogens with one attached hydrogen (secondary N) is 1. The third-order valence-electron chi connectivity index (χ3n) is 4.76. The minimum absolute atomic E-state index is 0.116. The van der Waals surface area contributed by atoms with Gasteiger partial charge in [0.15, 0.2) is 5.13 Å². The molecule has 6 nitrogen and oxygen atoms in total. The summed E-state index contributed by atoms with van der Waals surface area (Å²) in [5.74, 6) is -0.755. The molecule has 0 aliphatic carbocycles. The third-order valence-corrected chi connectivity index (χ3v) is 5.57. The van der Waals surface area contributed by atoms with Crippen molar-refractivity contribution in [2.75, 3.05) is 32.0 Å². The molecule has 140 valence electrons. The zero-order valence-electron chi connectivity index (χ0n) is 15.1. The first-order valence-corrected chi connectivity index (χ1v) is 9.89. The highest BCUT2D eigenvalue weighted by Crippen LogP contribution is 2.23. The van der Waals surface area contributed by atoms with E-state index in [1.54, 1.807) is 11.3 Å². The van der Waals surface area contributed by atoms with Crippen LogP contribution in [0.5, 0.6) is 0 Å². The summed E-state index contributed by atoms with van der Waals surface area (Å²) in [7, 11) is 1.91. The fraction of sp³-hybridized carbons (Fsp3) is 0.474. The second-order valence-corrected chi connectivity index (χ2v) is 7.66. The number of rotatable bonds is 7. The van der Waals surface area contributed by atoms with Crippen molar-refractivity contribution in [3.05, 3.63) is 41.4 Å². The average molecular weight is 375 g/mol. The molecule has 0 radical (unpaired) electrons. The highest BCUT2D eigenvalue weighted by molar-refractivity contribution is 7.13. The van der Waals surface area contributed by atoms with E-state index in [-0.39, 0.29) is 6.54 Å². The van der Waals surface area contributed by atoms with Crippen LogP contribution in [0.15, 0.2) is 35.7 Å². The summed E-state index contributed by atoms with van der Waals surface area (Å²) >= 11 is 1.63. The number of para-hydroxylation sites is 1. The van der Waals surface area contributed by atoms with Gasteiger partial charge in [0, 0.05) is 30.2 Å². The minimum atomic E-state index is -0.755. The fourth-order valence-electron chi connectivity index (χ4n) is 3.39. The Labute approximate surface area is 158 Å². The number of likely N-dealkylation sites (N-methyl/N-ethyl adjacent to an activating group) is 1. The SMILES string of the molecule is CN(CC(=O)O)C1CCCN(Cc2csc(Nc3ccccc3)n2)CC1. The van der Waals surface area contributed by atoms with Crippen LogP contribution in [-0.2, 0) is 11.3 Å². The lowest BCUT2D eigenvalue weighted by Gasteiger charge is -2.25. The van der Waals surface area contributed by atoms with Crippen molar-refractivity contribution in [1.82, 2.24) is 14.8 Å². The molecule has 7 heteroatoms. The van der Waals surface area contributed by atoms with Gasteiger partial charge in [-0.1, -0.05) is 18.2 Å². The lowest BCUT2D eigenvalue weighted by molar-refractivity contribution is -0.138. The van der Waals surface area contributed by atoms with Crippen LogP contribution in [0.4, 0.5) is 10.8 Å².